The topological polar surface area (TPSA) is 69.9 Å². The minimum absolute atomic E-state index is 0.00285. The van der Waals surface area contributed by atoms with Crippen molar-refractivity contribution in [3.63, 3.8) is 0 Å². The van der Waals surface area contributed by atoms with Crippen molar-refractivity contribution in [1.29, 1.82) is 0 Å². The highest BCUT2D eigenvalue weighted by Gasteiger charge is 2.20. The fourth-order valence-corrected chi connectivity index (χ4v) is 2.38. The van der Waals surface area contributed by atoms with Gasteiger partial charge in [-0.2, -0.15) is 0 Å². The van der Waals surface area contributed by atoms with E-state index < -0.39 is 0 Å². The molecule has 2 amide bonds. The largest absolute Gasteiger partial charge is 0.342 e. The summed E-state index contributed by atoms with van der Waals surface area (Å²) in [6.07, 6.45) is 0.900. The Bertz CT molecular complexity index is 305. The van der Waals surface area contributed by atoms with Crippen molar-refractivity contribution in [1.82, 2.24) is 14.7 Å². The smallest absolute Gasteiger partial charge is 0.236 e. The highest BCUT2D eigenvalue weighted by molar-refractivity contribution is 5.78. The van der Waals surface area contributed by atoms with Gasteiger partial charge in [0.25, 0.3) is 0 Å². The molecule has 19 heavy (non-hydrogen) atoms. The third-order valence-corrected chi connectivity index (χ3v) is 3.59. The minimum atomic E-state index is -0.00285. The summed E-state index contributed by atoms with van der Waals surface area (Å²) in [6, 6.07) is 0. The molecule has 0 bridgehead atoms. The number of hydrogen-bond donors (Lipinski definition) is 1. The van der Waals surface area contributed by atoms with Gasteiger partial charge in [0.15, 0.2) is 0 Å². The zero-order valence-electron chi connectivity index (χ0n) is 12.1. The Labute approximate surface area is 115 Å². The zero-order valence-corrected chi connectivity index (χ0v) is 12.1. The Balaban J connectivity index is 2.45. The lowest BCUT2D eigenvalue weighted by atomic mass is 10.3. The van der Waals surface area contributed by atoms with Crippen LogP contribution in [0.1, 0.15) is 20.3 Å². The normalized spacial score (nSPS) is 17.1. The Morgan fingerprint density at radius 3 is 2.37 bits per heavy atom. The van der Waals surface area contributed by atoms with Gasteiger partial charge >= 0.3 is 0 Å². The highest BCUT2D eigenvalue weighted by atomic mass is 16.2. The van der Waals surface area contributed by atoms with Gasteiger partial charge in [-0.25, -0.2) is 0 Å². The molecule has 1 heterocycles. The van der Waals surface area contributed by atoms with Crippen LogP contribution in [0.2, 0.25) is 0 Å². The second-order valence-electron chi connectivity index (χ2n) is 4.78. The van der Waals surface area contributed by atoms with Crippen LogP contribution in [0, 0.1) is 0 Å². The van der Waals surface area contributed by atoms with E-state index in [4.69, 9.17) is 5.73 Å². The van der Waals surface area contributed by atoms with Gasteiger partial charge in [0.05, 0.1) is 13.1 Å². The summed E-state index contributed by atoms with van der Waals surface area (Å²) in [5.41, 5.74) is 5.38. The van der Waals surface area contributed by atoms with Gasteiger partial charge in [0, 0.05) is 39.3 Å². The molecule has 0 saturated carbocycles. The van der Waals surface area contributed by atoms with Crippen LogP contribution in [0.3, 0.4) is 0 Å². The maximum Gasteiger partial charge on any atom is 0.236 e. The SMILES string of the molecule is CCN(CC)C(=O)CN1CCCN(C(=O)CN)CC1. The van der Waals surface area contributed by atoms with E-state index in [1.54, 1.807) is 4.90 Å². The van der Waals surface area contributed by atoms with Crippen molar-refractivity contribution in [2.45, 2.75) is 20.3 Å². The van der Waals surface area contributed by atoms with Crippen LogP contribution in [0.25, 0.3) is 0 Å². The summed E-state index contributed by atoms with van der Waals surface area (Å²) in [5, 5.41) is 0. The molecular weight excluding hydrogens is 244 g/mol. The van der Waals surface area contributed by atoms with Crippen LogP contribution >= 0.6 is 0 Å². The summed E-state index contributed by atoms with van der Waals surface area (Å²) in [7, 11) is 0. The summed E-state index contributed by atoms with van der Waals surface area (Å²) < 4.78 is 0. The number of hydrogen-bond acceptors (Lipinski definition) is 4. The van der Waals surface area contributed by atoms with Crippen molar-refractivity contribution in [3.8, 4) is 0 Å². The van der Waals surface area contributed by atoms with Gasteiger partial charge in [0.2, 0.25) is 11.8 Å². The fraction of sp³-hybridized carbons (Fsp3) is 0.846. The Hall–Kier alpha value is -1.14. The van der Waals surface area contributed by atoms with E-state index in [1.165, 1.54) is 0 Å². The van der Waals surface area contributed by atoms with Gasteiger partial charge in [0.1, 0.15) is 0 Å². The molecule has 0 aromatic rings. The summed E-state index contributed by atoms with van der Waals surface area (Å²) in [6.45, 7) is 9.03. The first kappa shape index (κ1) is 15.9. The average Bonchev–Trinajstić information content (AvgIpc) is 2.65. The monoisotopic (exact) mass is 270 g/mol. The first-order valence-corrected chi connectivity index (χ1v) is 7.10. The zero-order chi connectivity index (χ0) is 14.3. The predicted octanol–water partition coefficient (Wildman–Crippen LogP) is -0.652. The quantitative estimate of drug-likeness (QED) is 0.720. The third-order valence-electron chi connectivity index (χ3n) is 3.59. The minimum Gasteiger partial charge on any atom is -0.342 e. The van der Waals surface area contributed by atoms with Crippen LogP contribution < -0.4 is 5.73 Å². The Morgan fingerprint density at radius 1 is 1.11 bits per heavy atom. The van der Waals surface area contributed by atoms with Gasteiger partial charge in [-0.05, 0) is 20.3 Å². The molecule has 1 aliphatic rings. The van der Waals surface area contributed by atoms with Crippen LogP contribution in [0.15, 0.2) is 0 Å². The number of likely N-dealkylation sites (N-methyl/N-ethyl adjacent to an activating group) is 1. The Kier molecular flexibility index (Phi) is 6.80. The molecule has 0 radical (unpaired) electrons. The average molecular weight is 270 g/mol. The van der Waals surface area contributed by atoms with Crippen LogP contribution in [-0.2, 0) is 9.59 Å². The number of carbonyl (C=O) groups excluding carboxylic acids is 2. The van der Waals surface area contributed by atoms with E-state index in [-0.39, 0.29) is 18.4 Å². The fourth-order valence-electron chi connectivity index (χ4n) is 2.38. The van der Waals surface area contributed by atoms with Crippen LogP contribution in [0.5, 0.6) is 0 Å². The number of amides is 2. The van der Waals surface area contributed by atoms with Crippen molar-refractivity contribution >= 4 is 11.8 Å². The standard InChI is InChI=1S/C13H26N4O2/c1-3-16(4-2)13(19)11-15-6-5-7-17(9-8-15)12(18)10-14/h3-11,14H2,1-2H3. The maximum absolute atomic E-state index is 12.0. The Morgan fingerprint density at radius 2 is 1.79 bits per heavy atom. The molecule has 2 N–H and O–H groups in total. The van der Waals surface area contributed by atoms with Crippen molar-refractivity contribution in [2.24, 2.45) is 5.73 Å². The second kappa shape index (κ2) is 8.12. The third kappa shape index (κ3) is 4.80. The molecule has 1 rings (SSSR count). The second-order valence-corrected chi connectivity index (χ2v) is 4.78. The van der Waals surface area contributed by atoms with Crippen LogP contribution in [-0.4, -0.2) is 78.9 Å². The molecular formula is C13H26N4O2. The predicted molar refractivity (Wildman–Crippen MR) is 74.6 cm³/mol. The van der Waals surface area contributed by atoms with E-state index >= 15 is 0 Å². The number of rotatable bonds is 5. The van der Waals surface area contributed by atoms with E-state index in [0.717, 1.165) is 39.1 Å². The molecule has 0 aromatic carbocycles. The van der Waals surface area contributed by atoms with Crippen molar-refractivity contribution in [2.75, 3.05) is 52.4 Å². The van der Waals surface area contributed by atoms with Gasteiger partial charge in [-0.3, -0.25) is 14.5 Å². The first-order valence-electron chi connectivity index (χ1n) is 7.10. The molecule has 6 nitrogen and oxygen atoms in total. The summed E-state index contributed by atoms with van der Waals surface area (Å²) >= 11 is 0. The molecule has 0 aliphatic carbocycles. The van der Waals surface area contributed by atoms with Crippen molar-refractivity contribution in [3.05, 3.63) is 0 Å². The summed E-state index contributed by atoms with van der Waals surface area (Å²) in [4.78, 5) is 29.4. The van der Waals surface area contributed by atoms with Gasteiger partial charge in [-0.1, -0.05) is 0 Å². The molecule has 0 aromatic heterocycles. The lowest BCUT2D eigenvalue weighted by Crippen LogP contribution is -2.42. The van der Waals surface area contributed by atoms with Gasteiger partial charge in [-0.15, -0.1) is 0 Å². The van der Waals surface area contributed by atoms with E-state index in [1.807, 2.05) is 18.7 Å². The lowest BCUT2D eigenvalue weighted by Gasteiger charge is -2.25. The van der Waals surface area contributed by atoms with E-state index in [9.17, 15) is 9.59 Å². The number of nitrogens with zero attached hydrogens (tertiary/aromatic N) is 3. The molecule has 110 valence electrons. The molecule has 6 heteroatoms. The first-order chi connectivity index (χ1) is 9.12. The molecule has 1 saturated heterocycles. The maximum atomic E-state index is 12.0. The molecule has 1 aliphatic heterocycles. The number of nitrogens with two attached hydrogens (primary N) is 1. The van der Waals surface area contributed by atoms with Crippen molar-refractivity contribution < 1.29 is 9.59 Å². The molecule has 0 unspecified atom stereocenters. The van der Waals surface area contributed by atoms with Gasteiger partial charge < -0.3 is 15.5 Å². The summed E-state index contributed by atoms with van der Waals surface area (Å²) in [5.74, 6) is 0.167. The van der Waals surface area contributed by atoms with E-state index in [2.05, 4.69) is 4.90 Å². The van der Waals surface area contributed by atoms with Crippen LogP contribution in [0.4, 0.5) is 0 Å². The highest BCUT2D eigenvalue weighted by Crippen LogP contribution is 2.04. The number of carbonyl (C=O) groups is 2. The lowest BCUT2D eigenvalue weighted by molar-refractivity contribution is -0.132. The molecule has 0 atom stereocenters. The molecule has 1 fully saturated rings. The van der Waals surface area contributed by atoms with E-state index in [0.29, 0.717) is 13.1 Å². The molecule has 0 spiro atoms.